The zero-order valence-electron chi connectivity index (χ0n) is 13.0. The monoisotopic (exact) mass is 276 g/mol. The Bertz CT molecular complexity index is 427. The van der Waals surface area contributed by atoms with Crippen LogP contribution in [0.15, 0.2) is 30.3 Å². The smallest absolute Gasteiger partial charge is 0.406 e. The second kappa shape index (κ2) is 4.76. The van der Waals surface area contributed by atoms with Gasteiger partial charge in [0.05, 0.1) is 19.1 Å². The maximum atomic E-state index is 6.24. The first-order chi connectivity index (χ1) is 8.64. The second-order valence-electron chi connectivity index (χ2n) is 7.24. The molecule has 0 aliphatic carbocycles. The molecule has 0 aromatic heterocycles. The van der Waals surface area contributed by atoms with Gasteiger partial charge in [-0.05, 0) is 33.7 Å². The Morgan fingerprint density at radius 3 is 1.89 bits per heavy atom. The van der Waals surface area contributed by atoms with Crippen molar-refractivity contribution in [2.75, 3.05) is 0 Å². The largest absolute Gasteiger partial charge is 0.433 e. The molecule has 1 aromatic rings. The third kappa shape index (κ3) is 2.96. The van der Waals surface area contributed by atoms with Crippen LogP contribution in [0.4, 0.5) is 0 Å². The lowest BCUT2D eigenvalue weighted by Gasteiger charge is -2.32. The molecule has 19 heavy (non-hydrogen) atoms. The summed E-state index contributed by atoms with van der Waals surface area (Å²) in [5, 5.41) is 0. The molecule has 0 spiro atoms. The molecule has 0 saturated carbocycles. The van der Waals surface area contributed by atoms with Gasteiger partial charge in [-0.1, -0.05) is 49.0 Å². The van der Waals surface area contributed by atoms with Crippen molar-refractivity contribution in [1.82, 2.24) is 0 Å². The summed E-state index contributed by atoms with van der Waals surface area (Å²) in [5.41, 5.74) is 0.936. The van der Waals surface area contributed by atoms with Crippen LogP contribution in [-0.4, -0.2) is 25.9 Å². The van der Waals surface area contributed by atoms with Crippen molar-refractivity contribution in [1.29, 1.82) is 0 Å². The highest BCUT2D eigenvalue weighted by Crippen LogP contribution is 2.39. The number of rotatable bonds is 3. The number of hydrogen-bond donors (Lipinski definition) is 0. The minimum atomic E-state index is -1.63. The fraction of sp³-hybridized carbons (Fsp3) is 0.600. The van der Waals surface area contributed by atoms with E-state index in [2.05, 4.69) is 71.1 Å². The van der Waals surface area contributed by atoms with Crippen molar-refractivity contribution in [3.8, 4) is 0 Å². The molecule has 0 N–H and O–H groups in total. The van der Waals surface area contributed by atoms with Crippen molar-refractivity contribution in [2.24, 2.45) is 0 Å². The summed E-state index contributed by atoms with van der Waals surface area (Å²) in [6.07, 6.45) is 0. The van der Waals surface area contributed by atoms with Crippen LogP contribution in [-0.2, 0) is 15.4 Å². The average Bonchev–Trinajstić information content (AvgIpc) is 2.49. The molecule has 0 bridgehead atoms. The maximum Gasteiger partial charge on any atom is 0.433 e. The highest BCUT2D eigenvalue weighted by atomic mass is 28.3. The predicted octanol–water partition coefficient (Wildman–Crippen LogP) is 3.65. The van der Waals surface area contributed by atoms with E-state index in [9.17, 15) is 0 Å². The Morgan fingerprint density at radius 2 is 1.42 bits per heavy atom. The first kappa shape index (κ1) is 14.8. The van der Waals surface area contributed by atoms with E-state index in [1.807, 2.05) is 0 Å². The Morgan fingerprint density at radius 1 is 0.947 bits per heavy atom. The van der Waals surface area contributed by atoms with Crippen LogP contribution in [0, 0.1) is 0 Å². The zero-order chi connectivity index (χ0) is 14.3. The van der Waals surface area contributed by atoms with Gasteiger partial charge in [-0.2, -0.15) is 0 Å². The van der Waals surface area contributed by atoms with Crippen molar-refractivity contribution in [3.05, 3.63) is 35.9 Å². The number of benzene rings is 1. The Hall–Kier alpha value is -0.578. The molecule has 0 amide bonds. The maximum absolute atomic E-state index is 6.24. The molecular weight excluding hydrogens is 251 g/mol. The molecule has 4 heteroatoms. The van der Waals surface area contributed by atoms with Gasteiger partial charge in [-0.25, -0.2) is 0 Å². The van der Waals surface area contributed by atoms with E-state index < -0.39 is 7.94 Å². The highest BCUT2D eigenvalue weighted by Gasteiger charge is 2.56. The molecule has 1 heterocycles. The van der Waals surface area contributed by atoms with E-state index >= 15 is 0 Å². The van der Waals surface area contributed by atoms with E-state index in [4.69, 9.17) is 9.31 Å². The summed E-state index contributed by atoms with van der Waals surface area (Å²) in [6.45, 7) is 13.2. The van der Waals surface area contributed by atoms with Crippen molar-refractivity contribution >= 4 is 14.7 Å². The van der Waals surface area contributed by atoms with Gasteiger partial charge in [0.25, 0.3) is 0 Å². The minimum Gasteiger partial charge on any atom is -0.406 e. The molecule has 1 aromatic carbocycles. The van der Waals surface area contributed by atoms with E-state index in [0.717, 1.165) is 6.04 Å². The Balaban J connectivity index is 2.14. The quantitative estimate of drug-likeness (QED) is 0.785. The van der Waals surface area contributed by atoms with E-state index in [-0.39, 0.29) is 17.9 Å². The van der Waals surface area contributed by atoms with Gasteiger partial charge in [0.2, 0.25) is 0 Å². The molecule has 0 radical (unpaired) electrons. The molecule has 1 aliphatic rings. The van der Waals surface area contributed by atoms with Crippen LogP contribution in [0.3, 0.4) is 0 Å². The molecule has 2 nitrogen and oxygen atoms in total. The van der Waals surface area contributed by atoms with Crippen LogP contribution in [0.2, 0.25) is 13.1 Å². The Kier molecular flexibility index (Phi) is 3.71. The van der Waals surface area contributed by atoms with Gasteiger partial charge in [0.15, 0.2) is 0 Å². The van der Waals surface area contributed by atoms with E-state index in [0.29, 0.717) is 0 Å². The normalized spacial score (nSPS) is 21.7. The second-order valence-corrected chi connectivity index (χ2v) is 12.0. The summed E-state index contributed by atoms with van der Waals surface area (Å²) in [6, 6.07) is 11.7. The van der Waals surface area contributed by atoms with Gasteiger partial charge < -0.3 is 9.31 Å². The van der Waals surface area contributed by atoms with Crippen LogP contribution in [0.5, 0.6) is 0 Å². The fourth-order valence-electron chi connectivity index (χ4n) is 2.37. The molecule has 1 saturated heterocycles. The first-order valence-corrected chi connectivity index (χ1v) is 10.3. The minimum absolute atomic E-state index is 0.0299. The molecule has 0 unspecified atom stereocenters. The van der Waals surface area contributed by atoms with E-state index in [1.165, 1.54) is 5.56 Å². The van der Waals surface area contributed by atoms with E-state index in [1.54, 1.807) is 0 Å². The standard InChI is InChI=1S/C15H25BO2Si/c1-14(2)15(3,4)18-16(17-14)19(5,6)12-13-10-8-7-9-11-13/h7-11H,12H2,1-6H3. The summed E-state index contributed by atoms with van der Waals surface area (Å²) >= 11 is 0. The van der Waals surface area contributed by atoms with Gasteiger partial charge in [-0.15, -0.1) is 0 Å². The van der Waals surface area contributed by atoms with Crippen LogP contribution in [0.1, 0.15) is 33.3 Å². The van der Waals surface area contributed by atoms with Crippen LogP contribution in [0.25, 0.3) is 0 Å². The highest BCUT2D eigenvalue weighted by molar-refractivity contribution is 7.27. The molecule has 104 valence electrons. The summed E-state index contributed by atoms with van der Waals surface area (Å²) in [5.74, 6) is 0. The van der Waals surface area contributed by atoms with Crippen molar-refractivity contribution in [2.45, 2.75) is 58.0 Å². The average molecular weight is 276 g/mol. The summed E-state index contributed by atoms with van der Waals surface area (Å²) in [4.78, 5) is 0. The number of hydrogen-bond acceptors (Lipinski definition) is 2. The summed E-state index contributed by atoms with van der Waals surface area (Å²) in [7, 11) is -1.63. The molecule has 1 aliphatic heterocycles. The predicted molar refractivity (Wildman–Crippen MR) is 83.7 cm³/mol. The topological polar surface area (TPSA) is 18.5 Å². The lowest BCUT2D eigenvalue weighted by molar-refractivity contribution is 0.00578. The van der Waals surface area contributed by atoms with Crippen molar-refractivity contribution < 1.29 is 9.31 Å². The summed E-state index contributed by atoms with van der Waals surface area (Å²) < 4.78 is 12.5. The molecule has 2 rings (SSSR count). The molecular formula is C15H25BO2Si. The Labute approximate surface area is 118 Å². The van der Waals surface area contributed by atoms with Gasteiger partial charge >= 0.3 is 6.71 Å². The van der Waals surface area contributed by atoms with Crippen LogP contribution < -0.4 is 0 Å². The molecule has 1 fully saturated rings. The molecule has 0 atom stereocenters. The van der Waals surface area contributed by atoms with Gasteiger partial charge in [0.1, 0.15) is 0 Å². The van der Waals surface area contributed by atoms with Crippen LogP contribution >= 0.6 is 0 Å². The van der Waals surface area contributed by atoms with Crippen molar-refractivity contribution in [3.63, 3.8) is 0 Å². The lowest BCUT2D eigenvalue weighted by Crippen LogP contribution is -2.50. The third-order valence-corrected chi connectivity index (χ3v) is 7.23. The van der Waals surface area contributed by atoms with Gasteiger partial charge in [0, 0.05) is 0 Å². The third-order valence-electron chi connectivity index (χ3n) is 4.39. The SMILES string of the molecule is CC1(C)OB([Si](C)(C)Cc2ccccc2)OC1(C)C. The lowest BCUT2D eigenvalue weighted by atomic mass is 9.90. The zero-order valence-corrected chi connectivity index (χ0v) is 14.0. The fourth-order valence-corrected chi connectivity index (χ4v) is 5.05. The first-order valence-electron chi connectivity index (χ1n) is 7.04. The van der Waals surface area contributed by atoms with Gasteiger partial charge in [-0.3, -0.25) is 0 Å².